The lowest BCUT2D eigenvalue weighted by Crippen LogP contribution is -2.46. The summed E-state index contributed by atoms with van der Waals surface area (Å²) < 4.78 is 50.2. The molecule has 1 aliphatic rings. The number of Topliss-reactive ketones (excluding diaryl/α,β-unsaturated/α-hetero) is 1. The summed E-state index contributed by atoms with van der Waals surface area (Å²) in [6.45, 7) is 2.92. The second-order valence-electron chi connectivity index (χ2n) is 5.59. The molecule has 21 heavy (non-hydrogen) atoms. The normalized spacial score (nSPS) is 24.9. The number of sulfone groups is 1. The van der Waals surface area contributed by atoms with Crippen LogP contribution in [0.5, 0.6) is 0 Å². The fourth-order valence-corrected chi connectivity index (χ4v) is 6.02. The molecule has 1 saturated heterocycles. The number of carbonyl (C=O) groups excluding carboxylic acids is 1. The number of benzene rings is 1. The molecule has 1 heterocycles. The molecule has 0 amide bonds. The molecule has 1 aromatic rings. The van der Waals surface area contributed by atoms with Crippen molar-refractivity contribution in [3.63, 3.8) is 0 Å². The van der Waals surface area contributed by atoms with Crippen molar-refractivity contribution in [3.8, 4) is 0 Å². The van der Waals surface area contributed by atoms with E-state index in [9.17, 15) is 21.6 Å². The van der Waals surface area contributed by atoms with Crippen molar-refractivity contribution in [2.75, 3.05) is 11.5 Å². The molecule has 0 spiro atoms. The van der Waals surface area contributed by atoms with Gasteiger partial charge in [0.25, 0.3) is 0 Å². The van der Waals surface area contributed by atoms with E-state index in [1.54, 1.807) is 6.92 Å². The minimum atomic E-state index is -3.88. The van der Waals surface area contributed by atoms with Crippen LogP contribution in [0.2, 0.25) is 0 Å². The molecule has 116 valence electrons. The summed E-state index contributed by atoms with van der Waals surface area (Å²) in [6, 6.07) is 5.68. The molecule has 0 aliphatic carbocycles. The summed E-state index contributed by atoms with van der Waals surface area (Å²) in [5.74, 6) is -0.479. The van der Waals surface area contributed by atoms with Gasteiger partial charge in [0.1, 0.15) is 0 Å². The first-order chi connectivity index (χ1) is 9.53. The molecule has 0 saturated carbocycles. The average molecular weight is 331 g/mol. The summed E-state index contributed by atoms with van der Waals surface area (Å²) in [5.41, 5.74) is -0.716. The number of ketones is 1. The summed E-state index contributed by atoms with van der Waals surface area (Å²) in [6.07, 6.45) is 0.237. The lowest BCUT2D eigenvalue weighted by molar-refractivity contribution is 0.101. The van der Waals surface area contributed by atoms with Crippen LogP contribution in [0.1, 0.15) is 30.6 Å². The number of carbonyl (C=O) groups is 1. The zero-order valence-corrected chi connectivity index (χ0v) is 13.4. The molecule has 1 fully saturated rings. The van der Waals surface area contributed by atoms with Crippen LogP contribution in [-0.4, -0.2) is 39.7 Å². The van der Waals surface area contributed by atoms with E-state index in [4.69, 9.17) is 0 Å². The molecule has 2 rings (SSSR count). The molecule has 0 bridgehead atoms. The predicted molar refractivity (Wildman–Crippen MR) is 78.4 cm³/mol. The second kappa shape index (κ2) is 5.19. The maximum Gasteiger partial charge on any atom is 0.241 e. The Kier molecular flexibility index (Phi) is 3.98. The highest BCUT2D eigenvalue weighted by Gasteiger charge is 2.41. The van der Waals surface area contributed by atoms with E-state index in [0.29, 0.717) is 5.56 Å². The highest BCUT2D eigenvalue weighted by Crippen LogP contribution is 2.25. The third kappa shape index (κ3) is 3.69. The third-order valence-electron chi connectivity index (χ3n) is 3.43. The van der Waals surface area contributed by atoms with Gasteiger partial charge in [-0.2, -0.15) is 0 Å². The predicted octanol–water partition coefficient (Wildman–Crippen LogP) is 0.745. The Balaban J connectivity index is 2.31. The monoisotopic (exact) mass is 331 g/mol. The van der Waals surface area contributed by atoms with Crippen molar-refractivity contribution in [2.24, 2.45) is 0 Å². The summed E-state index contributed by atoms with van der Waals surface area (Å²) in [7, 11) is -7.09. The second-order valence-corrected chi connectivity index (χ2v) is 9.46. The average Bonchev–Trinajstić information content (AvgIpc) is 2.62. The smallest absolute Gasteiger partial charge is 0.241 e. The van der Waals surface area contributed by atoms with E-state index in [-0.39, 0.29) is 28.6 Å². The molecule has 0 aromatic heterocycles. The molecular weight excluding hydrogens is 314 g/mol. The first-order valence-electron chi connectivity index (χ1n) is 6.38. The van der Waals surface area contributed by atoms with Crippen molar-refractivity contribution in [1.29, 1.82) is 0 Å². The van der Waals surface area contributed by atoms with Crippen molar-refractivity contribution >= 4 is 25.6 Å². The Bertz CT molecular complexity index is 783. The lowest BCUT2D eigenvalue weighted by atomic mass is 10.0. The Morgan fingerprint density at radius 2 is 2.00 bits per heavy atom. The van der Waals surface area contributed by atoms with Gasteiger partial charge in [0.15, 0.2) is 15.6 Å². The number of sulfonamides is 1. The van der Waals surface area contributed by atoms with Gasteiger partial charge >= 0.3 is 0 Å². The SMILES string of the molecule is CC(=O)c1cccc(S(=O)(=O)N[C@]2(C)CCS(=O)(=O)C2)c1. The summed E-state index contributed by atoms with van der Waals surface area (Å²) in [4.78, 5) is 11.3. The van der Waals surface area contributed by atoms with Crippen molar-refractivity contribution in [1.82, 2.24) is 4.72 Å². The Labute approximate surface area is 124 Å². The van der Waals surface area contributed by atoms with Gasteiger partial charge in [-0.3, -0.25) is 4.79 Å². The van der Waals surface area contributed by atoms with Gasteiger partial charge in [-0.1, -0.05) is 12.1 Å². The molecule has 1 aromatic carbocycles. The van der Waals surface area contributed by atoms with Crippen LogP contribution in [-0.2, 0) is 19.9 Å². The Hall–Kier alpha value is -1.25. The van der Waals surface area contributed by atoms with Crippen LogP contribution in [0.4, 0.5) is 0 Å². The maximum atomic E-state index is 12.4. The van der Waals surface area contributed by atoms with E-state index in [2.05, 4.69) is 4.72 Å². The fourth-order valence-electron chi connectivity index (χ4n) is 2.36. The number of rotatable bonds is 4. The molecule has 0 unspecified atom stereocenters. The van der Waals surface area contributed by atoms with Crippen molar-refractivity contribution in [3.05, 3.63) is 29.8 Å². The highest BCUT2D eigenvalue weighted by molar-refractivity contribution is 7.92. The standard InChI is InChI=1S/C13H17NO5S2/c1-10(15)11-4-3-5-12(8-11)21(18,19)14-13(2)6-7-20(16,17)9-13/h3-5,8,14H,6-7,9H2,1-2H3/t13-/m1/s1. The van der Waals surface area contributed by atoms with E-state index in [1.807, 2.05) is 0 Å². The molecule has 1 aliphatic heterocycles. The van der Waals surface area contributed by atoms with E-state index in [0.717, 1.165) is 0 Å². The molecule has 1 atom stereocenters. The van der Waals surface area contributed by atoms with Crippen LogP contribution in [0.25, 0.3) is 0 Å². The van der Waals surface area contributed by atoms with Gasteiger partial charge in [-0.15, -0.1) is 0 Å². The van der Waals surface area contributed by atoms with Gasteiger partial charge in [0, 0.05) is 11.1 Å². The highest BCUT2D eigenvalue weighted by atomic mass is 32.2. The van der Waals surface area contributed by atoms with Gasteiger partial charge in [0.2, 0.25) is 10.0 Å². The van der Waals surface area contributed by atoms with Crippen LogP contribution >= 0.6 is 0 Å². The van der Waals surface area contributed by atoms with E-state index in [1.165, 1.54) is 31.2 Å². The van der Waals surface area contributed by atoms with E-state index >= 15 is 0 Å². The van der Waals surface area contributed by atoms with Gasteiger partial charge in [-0.05, 0) is 32.4 Å². The van der Waals surface area contributed by atoms with Crippen LogP contribution in [0.15, 0.2) is 29.2 Å². The summed E-state index contributed by atoms with van der Waals surface area (Å²) in [5, 5.41) is 0. The summed E-state index contributed by atoms with van der Waals surface area (Å²) >= 11 is 0. The number of hydrogen-bond donors (Lipinski definition) is 1. The van der Waals surface area contributed by atoms with Crippen LogP contribution < -0.4 is 4.72 Å². The third-order valence-corrected chi connectivity index (χ3v) is 6.97. The van der Waals surface area contributed by atoms with Gasteiger partial charge in [-0.25, -0.2) is 21.6 Å². The first-order valence-corrected chi connectivity index (χ1v) is 9.69. The quantitative estimate of drug-likeness (QED) is 0.821. The topological polar surface area (TPSA) is 97.4 Å². The molecule has 8 heteroatoms. The molecule has 6 nitrogen and oxygen atoms in total. The molecule has 1 N–H and O–H groups in total. The largest absolute Gasteiger partial charge is 0.295 e. The number of hydrogen-bond acceptors (Lipinski definition) is 5. The minimum absolute atomic E-state index is 0.0283. The van der Waals surface area contributed by atoms with Crippen LogP contribution in [0, 0.1) is 0 Å². The van der Waals surface area contributed by atoms with E-state index < -0.39 is 25.4 Å². The Morgan fingerprint density at radius 3 is 2.52 bits per heavy atom. The van der Waals surface area contributed by atoms with Gasteiger partial charge in [0.05, 0.1) is 16.4 Å². The first kappa shape index (κ1) is 16.1. The fraction of sp³-hybridized carbons (Fsp3) is 0.462. The van der Waals surface area contributed by atoms with Crippen LogP contribution in [0.3, 0.4) is 0 Å². The Morgan fingerprint density at radius 1 is 1.33 bits per heavy atom. The van der Waals surface area contributed by atoms with Crippen molar-refractivity contribution in [2.45, 2.75) is 30.7 Å². The molecule has 0 radical (unpaired) electrons. The van der Waals surface area contributed by atoms with Gasteiger partial charge < -0.3 is 0 Å². The zero-order valence-electron chi connectivity index (χ0n) is 11.8. The zero-order chi connectivity index (χ0) is 15.9. The minimum Gasteiger partial charge on any atom is -0.295 e. The maximum absolute atomic E-state index is 12.4. The number of nitrogens with one attached hydrogen (secondary N) is 1. The van der Waals surface area contributed by atoms with Crippen molar-refractivity contribution < 1.29 is 21.6 Å². The molecular formula is C13H17NO5S2. The lowest BCUT2D eigenvalue weighted by Gasteiger charge is -2.23.